The number of hydrogen-bond donors (Lipinski definition) is 2. The Labute approximate surface area is 103 Å². The van der Waals surface area contributed by atoms with Crippen LogP contribution < -0.4 is 5.32 Å². The number of hydrogen-bond acceptors (Lipinski definition) is 2. The fraction of sp³-hybridized carbons (Fsp3) is 0.600. The number of nitrogens with one attached hydrogen (secondary N) is 1. The van der Waals surface area contributed by atoms with Crippen LogP contribution in [0.5, 0.6) is 0 Å². The maximum absolute atomic E-state index is 9.51. The Morgan fingerprint density at radius 3 is 2.82 bits per heavy atom. The summed E-state index contributed by atoms with van der Waals surface area (Å²) in [5, 5.41) is 12.9. The van der Waals surface area contributed by atoms with Gasteiger partial charge in [0.15, 0.2) is 0 Å². The summed E-state index contributed by atoms with van der Waals surface area (Å²) in [4.78, 5) is 0. The van der Waals surface area contributed by atoms with E-state index in [1.807, 2.05) is 0 Å². The molecule has 1 aromatic rings. The van der Waals surface area contributed by atoms with Crippen LogP contribution in [0.2, 0.25) is 0 Å². The van der Waals surface area contributed by atoms with Crippen molar-refractivity contribution in [3.8, 4) is 0 Å². The van der Waals surface area contributed by atoms with E-state index in [9.17, 15) is 5.11 Å². The zero-order valence-electron chi connectivity index (χ0n) is 10.3. The molecule has 1 heterocycles. The van der Waals surface area contributed by atoms with E-state index < -0.39 is 0 Å². The van der Waals surface area contributed by atoms with Crippen molar-refractivity contribution in [3.63, 3.8) is 0 Å². The van der Waals surface area contributed by atoms with Gasteiger partial charge >= 0.3 is 0 Å². The number of rotatable bonds is 2. The molecule has 92 valence electrons. The van der Waals surface area contributed by atoms with E-state index in [4.69, 9.17) is 0 Å². The molecule has 0 saturated heterocycles. The molecule has 0 spiro atoms. The molecule has 2 nitrogen and oxygen atoms in total. The Bertz CT molecular complexity index is 394. The normalized spacial score (nSPS) is 27.6. The van der Waals surface area contributed by atoms with Gasteiger partial charge in [-0.15, -0.1) is 0 Å². The molecule has 2 N–H and O–H groups in total. The largest absolute Gasteiger partial charge is 0.393 e. The Morgan fingerprint density at radius 2 is 2.00 bits per heavy atom. The molecular formula is C15H21NO. The number of aliphatic hydroxyl groups is 1. The molecule has 0 atom stereocenters. The van der Waals surface area contributed by atoms with Crippen molar-refractivity contribution >= 4 is 5.69 Å². The molecule has 0 bridgehead atoms. The average Bonchev–Trinajstić information content (AvgIpc) is 2.79. The molecule has 0 amide bonds. The maximum Gasteiger partial charge on any atom is 0.0540 e. The molecule has 17 heavy (non-hydrogen) atoms. The van der Waals surface area contributed by atoms with Crippen molar-refractivity contribution in [1.82, 2.24) is 0 Å². The molecule has 1 saturated carbocycles. The summed E-state index contributed by atoms with van der Waals surface area (Å²) in [5.74, 6) is 0.783. The van der Waals surface area contributed by atoms with Crippen LogP contribution in [-0.2, 0) is 12.8 Å². The molecule has 0 aromatic heterocycles. The van der Waals surface area contributed by atoms with Crippen molar-refractivity contribution in [1.29, 1.82) is 0 Å². The number of fused-ring (bicyclic) bond motifs is 1. The van der Waals surface area contributed by atoms with Crippen molar-refractivity contribution < 1.29 is 5.11 Å². The van der Waals surface area contributed by atoms with E-state index in [0.29, 0.717) is 0 Å². The number of anilines is 1. The highest BCUT2D eigenvalue weighted by atomic mass is 16.3. The van der Waals surface area contributed by atoms with Gasteiger partial charge in [0.05, 0.1) is 6.10 Å². The van der Waals surface area contributed by atoms with Crippen molar-refractivity contribution in [2.45, 2.75) is 44.6 Å². The lowest BCUT2D eigenvalue weighted by molar-refractivity contribution is 0.109. The summed E-state index contributed by atoms with van der Waals surface area (Å²) in [7, 11) is 0. The Kier molecular flexibility index (Phi) is 3.06. The third-order valence-electron chi connectivity index (χ3n) is 4.22. The summed E-state index contributed by atoms with van der Waals surface area (Å²) < 4.78 is 0. The highest BCUT2D eigenvalue weighted by Crippen LogP contribution is 2.29. The topological polar surface area (TPSA) is 32.3 Å². The minimum atomic E-state index is -0.0320. The van der Waals surface area contributed by atoms with Gasteiger partial charge in [-0.05, 0) is 61.6 Å². The highest BCUT2D eigenvalue weighted by Gasteiger charge is 2.20. The van der Waals surface area contributed by atoms with Crippen LogP contribution >= 0.6 is 0 Å². The summed E-state index contributed by atoms with van der Waals surface area (Å²) in [5.41, 5.74) is 4.29. The predicted octanol–water partition coefficient (Wildman–Crippen LogP) is 2.75. The minimum Gasteiger partial charge on any atom is -0.393 e. The van der Waals surface area contributed by atoms with Gasteiger partial charge in [0, 0.05) is 12.2 Å². The van der Waals surface area contributed by atoms with E-state index in [-0.39, 0.29) is 6.10 Å². The van der Waals surface area contributed by atoms with Gasteiger partial charge in [-0.25, -0.2) is 0 Å². The van der Waals surface area contributed by atoms with Gasteiger partial charge in [-0.2, -0.15) is 0 Å². The SMILES string of the molecule is OC1CCC(Cc2ccc3c(c2)CCN3)CC1. The van der Waals surface area contributed by atoms with Crippen LogP contribution in [0.4, 0.5) is 5.69 Å². The van der Waals surface area contributed by atoms with Gasteiger partial charge in [0.25, 0.3) is 0 Å². The molecule has 1 fully saturated rings. The second kappa shape index (κ2) is 4.69. The second-order valence-electron chi connectivity index (χ2n) is 5.55. The van der Waals surface area contributed by atoms with E-state index in [2.05, 4.69) is 23.5 Å². The van der Waals surface area contributed by atoms with E-state index in [1.54, 1.807) is 0 Å². The van der Waals surface area contributed by atoms with Gasteiger partial charge < -0.3 is 10.4 Å². The van der Waals surface area contributed by atoms with Crippen LogP contribution in [0.1, 0.15) is 36.8 Å². The molecule has 0 radical (unpaired) electrons. The summed E-state index contributed by atoms with van der Waals surface area (Å²) in [6, 6.07) is 6.87. The maximum atomic E-state index is 9.51. The first-order valence-corrected chi connectivity index (χ1v) is 6.85. The zero-order valence-corrected chi connectivity index (χ0v) is 10.3. The van der Waals surface area contributed by atoms with E-state index in [1.165, 1.54) is 42.5 Å². The first kappa shape index (κ1) is 11.1. The van der Waals surface area contributed by atoms with Gasteiger partial charge in [0.2, 0.25) is 0 Å². The lowest BCUT2D eigenvalue weighted by Gasteiger charge is -2.25. The monoisotopic (exact) mass is 231 g/mol. The third kappa shape index (κ3) is 2.47. The van der Waals surface area contributed by atoms with Crippen molar-refractivity contribution in [2.75, 3.05) is 11.9 Å². The molecule has 2 heteroatoms. The van der Waals surface area contributed by atoms with E-state index >= 15 is 0 Å². The van der Waals surface area contributed by atoms with Crippen molar-refractivity contribution in [2.24, 2.45) is 5.92 Å². The number of aliphatic hydroxyl groups excluding tert-OH is 1. The minimum absolute atomic E-state index is 0.0320. The second-order valence-corrected chi connectivity index (χ2v) is 5.55. The molecule has 1 aliphatic heterocycles. The Morgan fingerprint density at radius 1 is 1.18 bits per heavy atom. The highest BCUT2D eigenvalue weighted by molar-refractivity contribution is 5.56. The molecule has 1 aliphatic carbocycles. The zero-order chi connectivity index (χ0) is 11.7. The average molecular weight is 231 g/mol. The first-order valence-electron chi connectivity index (χ1n) is 6.85. The first-order chi connectivity index (χ1) is 8.31. The van der Waals surface area contributed by atoms with Gasteiger partial charge in [0.1, 0.15) is 0 Å². The van der Waals surface area contributed by atoms with E-state index in [0.717, 1.165) is 25.3 Å². The lowest BCUT2D eigenvalue weighted by atomic mass is 9.83. The molecule has 3 rings (SSSR count). The molecule has 1 aromatic carbocycles. The third-order valence-corrected chi connectivity index (χ3v) is 4.22. The summed E-state index contributed by atoms with van der Waals surface area (Å²) >= 11 is 0. The number of benzene rings is 1. The Balaban J connectivity index is 1.65. The summed E-state index contributed by atoms with van der Waals surface area (Å²) in [6.45, 7) is 1.09. The molecule has 0 unspecified atom stereocenters. The van der Waals surface area contributed by atoms with Crippen LogP contribution in [-0.4, -0.2) is 17.8 Å². The molecular weight excluding hydrogens is 210 g/mol. The quantitative estimate of drug-likeness (QED) is 0.820. The smallest absolute Gasteiger partial charge is 0.0540 e. The lowest BCUT2D eigenvalue weighted by Crippen LogP contribution is -2.19. The van der Waals surface area contributed by atoms with Crippen LogP contribution in [0.3, 0.4) is 0 Å². The summed E-state index contributed by atoms with van der Waals surface area (Å²) in [6.07, 6.45) is 6.71. The van der Waals surface area contributed by atoms with Crippen LogP contribution in [0, 0.1) is 5.92 Å². The Hall–Kier alpha value is -1.02. The van der Waals surface area contributed by atoms with Crippen LogP contribution in [0.15, 0.2) is 18.2 Å². The van der Waals surface area contributed by atoms with Crippen molar-refractivity contribution in [3.05, 3.63) is 29.3 Å². The predicted molar refractivity (Wildman–Crippen MR) is 70.3 cm³/mol. The fourth-order valence-electron chi connectivity index (χ4n) is 3.17. The fourth-order valence-corrected chi connectivity index (χ4v) is 3.17. The van der Waals surface area contributed by atoms with Gasteiger partial charge in [-0.1, -0.05) is 12.1 Å². The standard InChI is InChI=1S/C15H21NO/c17-14-4-1-11(2-5-14)9-12-3-6-15-13(10-12)7-8-16-15/h3,6,10-11,14,16-17H,1-2,4-5,7-9H2. The van der Waals surface area contributed by atoms with Gasteiger partial charge in [-0.3, -0.25) is 0 Å². The van der Waals surface area contributed by atoms with Crippen LogP contribution in [0.25, 0.3) is 0 Å². The molecule has 2 aliphatic rings.